The molecule has 1 N–H and O–H groups in total. The zero-order valence-corrected chi connectivity index (χ0v) is 12.6. The van der Waals surface area contributed by atoms with Gasteiger partial charge in [-0.15, -0.1) is 0 Å². The molecular weight excluding hydrogens is 290 g/mol. The first kappa shape index (κ1) is 13.9. The molecule has 2 nitrogen and oxygen atoms in total. The van der Waals surface area contributed by atoms with Crippen LogP contribution in [0.4, 0.5) is 0 Å². The van der Waals surface area contributed by atoms with Crippen LogP contribution >= 0.6 is 15.9 Å². The van der Waals surface area contributed by atoms with Crippen molar-refractivity contribution >= 4 is 15.9 Å². The highest BCUT2D eigenvalue weighted by Gasteiger charge is 2.20. The van der Waals surface area contributed by atoms with Crippen LogP contribution in [0.1, 0.15) is 32.6 Å². The molecule has 1 fully saturated rings. The van der Waals surface area contributed by atoms with Crippen molar-refractivity contribution < 1.29 is 4.74 Å². The molecule has 2 rings (SSSR count). The maximum atomic E-state index is 5.71. The van der Waals surface area contributed by atoms with E-state index >= 15 is 0 Å². The zero-order chi connectivity index (χ0) is 12.8. The van der Waals surface area contributed by atoms with Crippen molar-refractivity contribution in [1.82, 2.24) is 5.32 Å². The van der Waals surface area contributed by atoms with Crippen LogP contribution in [0.5, 0.6) is 5.75 Å². The van der Waals surface area contributed by atoms with Crippen molar-refractivity contribution in [1.29, 1.82) is 0 Å². The number of hydrogen-bond donors (Lipinski definition) is 1. The fourth-order valence-electron chi connectivity index (χ4n) is 2.64. The smallest absolute Gasteiger partial charge is 0.120 e. The van der Waals surface area contributed by atoms with Crippen LogP contribution in [0.3, 0.4) is 0 Å². The summed E-state index contributed by atoms with van der Waals surface area (Å²) in [5, 5.41) is 3.57. The summed E-state index contributed by atoms with van der Waals surface area (Å²) < 4.78 is 6.77. The molecule has 0 aromatic heterocycles. The standard InChI is InChI=1S/C15H22BrNO/c1-12(13-5-2-3-6-13)17-9-10-18-15-8-4-7-14(16)11-15/h4,7-8,11-13,17H,2-3,5-6,9-10H2,1H3/t12-/m1/s1. The quantitative estimate of drug-likeness (QED) is 0.802. The van der Waals surface area contributed by atoms with Crippen LogP contribution in [0.15, 0.2) is 28.7 Å². The monoisotopic (exact) mass is 311 g/mol. The second-order valence-corrected chi connectivity index (χ2v) is 6.01. The van der Waals surface area contributed by atoms with Gasteiger partial charge in [-0.2, -0.15) is 0 Å². The molecule has 1 aromatic carbocycles. The second kappa shape index (κ2) is 7.15. The highest BCUT2D eigenvalue weighted by Crippen LogP contribution is 2.27. The molecule has 0 amide bonds. The molecule has 100 valence electrons. The summed E-state index contributed by atoms with van der Waals surface area (Å²) in [6.07, 6.45) is 5.60. The van der Waals surface area contributed by atoms with E-state index in [0.717, 1.165) is 29.3 Å². The molecular formula is C15H22BrNO. The van der Waals surface area contributed by atoms with Crippen molar-refractivity contribution in [2.24, 2.45) is 5.92 Å². The molecule has 3 heteroatoms. The molecule has 1 atom stereocenters. The van der Waals surface area contributed by atoms with Crippen molar-refractivity contribution in [3.63, 3.8) is 0 Å². The van der Waals surface area contributed by atoms with E-state index in [1.807, 2.05) is 24.3 Å². The van der Waals surface area contributed by atoms with Crippen LogP contribution in [0, 0.1) is 5.92 Å². The highest BCUT2D eigenvalue weighted by molar-refractivity contribution is 9.10. The van der Waals surface area contributed by atoms with Crippen molar-refractivity contribution in [2.75, 3.05) is 13.2 Å². The van der Waals surface area contributed by atoms with Crippen molar-refractivity contribution in [2.45, 2.75) is 38.6 Å². The van der Waals surface area contributed by atoms with Gasteiger partial charge in [0.1, 0.15) is 12.4 Å². The molecule has 0 radical (unpaired) electrons. The predicted octanol–water partition coefficient (Wildman–Crippen LogP) is 4.00. The van der Waals surface area contributed by atoms with E-state index in [9.17, 15) is 0 Å². The van der Waals surface area contributed by atoms with E-state index in [-0.39, 0.29) is 0 Å². The highest BCUT2D eigenvalue weighted by atomic mass is 79.9. The summed E-state index contributed by atoms with van der Waals surface area (Å²) >= 11 is 3.44. The Morgan fingerprint density at radius 2 is 2.17 bits per heavy atom. The fraction of sp³-hybridized carbons (Fsp3) is 0.600. The van der Waals surface area contributed by atoms with Crippen molar-refractivity contribution in [3.05, 3.63) is 28.7 Å². The van der Waals surface area contributed by atoms with Gasteiger partial charge in [0.25, 0.3) is 0 Å². The van der Waals surface area contributed by atoms with Gasteiger partial charge in [0.15, 0.2) is 0 Å². The van der Waals surface area contributed by atoms with E-state index in [2.05, 4.69) is 28.2 Å². The first-order chi connectivity index (χ1) is 8.75. The third kappa shape index (κ3) is 4.29. The molecule has 1 aliphatic rings. The average molecular weight is 312 g/mol. The van der Waals surface area contributed by atoms with Crippen LogP contribution in [-0.2, 0) is 0 Å². The van der Waals surface area contributed by atoms with Gasteiger partial charge in [-0.05, 0) is 43.9 Å². The molecule has 1 saturated carbocycles. The summed E-state index contributed by atoms with van der Waals surface area (Å²) in [6.45, 7) is 3.95. The molecule has 1 aliphatic carbocycles. The molecule has 1 aromatic rings. The lowest BCUT2D eigenvalue weighted by atomic mass is 10.00. The molecule has 0 aliphatic heterocycles. The van der Waals surface area contributed by atoms with Gasteiger partial charge in [0, 0.05) is 17.1 Å². The zero-order valence-electron chi connectivity index (χ0n) is 11.0. The van der Waals surface area contributed by atoms with Crippen LogP contribution in [-0.4, -0.2) is 19.2 Å². The molecule has 0 spiro atoms. The maximum Gasteiger partial charge on any atom is 0.120 e. The number of benzene rings is 1. The lowest BCUT2D eigenvalue weighted by Crippen LogP contribution is -2.35. The Morgan fingerprint density at radius 3 is 2.89 bits per heavy atom. The Morgan fingerprint density at radius 1 is 1.39 bits per heavy atom. The minimum absolute atomic E-state index is 0.624. The first-order valence-corrected chi connectivity index (χ1v) is 7.67. The Balaban J connectivity index is 1.63. The Labute approximate surface area is 118 Å². The molecule has 0 saturated heterocycles. The number of nitrogens with one attached hydrogen (secondary N) is 1. The van der Waals surface area contributed by atoms with E-state index in [1.54, 1.807) is 0 Å². The summed E-state index contributed by atoms with van der Waals surface area (Å²) in [4.78, 5) is 0. The Bertz CT molecular complexity index is 363. The van der Waals surface area contributed by atoms with Gasteiger partial charge in [0.05, 0.1) is 0 Å². The molecule has 0 bridgehead atoms. The molecule has 18 heavy (non-hydrogen) atoms. The first-order valence-electron chi connectivity index (χ1n) is 6.87. The van der Waals surface area contributed by atoms with E-state index in [0.29, 0.717) is 6.04 Å². The number of ether oxygens (including phenoxy) is 1. The maximum absolute atomic E-state index is 5.71. The fourth-order valence-corrected chi connectivity index (χ4v) is 3.01. The van der Waals surface area contributed by atoms with E-state index < -0.39 is 0 Å². The lowest BCUT2D eigenvalue weighted by Gasteiger charge is -2.20. The van der Waals surface area contributed by atoms with Crippen LogP contribution in [0.2, 0.25) is 0 Å². The minimum atomic E-state index is 0.624. The average Bonchev–Trinajstić information content (AvgIpc) is 2.88. The van der Waals surface area contributed by atoms with Crippen molar-refractivity contribution in [3.8, 4) is 5.75 Å². The summed E-state index contributed by atoms with van der Waals surface area (Å²) in [6, 6.07) is 8.62. The molecule has 0 unspecified atom stereocenters. The lowest BCUT2D eigenvalue weighted by molar-refractivity contribution is 0.290. The summed E-state index contributed by atoms with van der Waals surface area (Å²) in [5.74, 6) is 1.80. The van der Waals surface area contributed by atoms with Gasteiger partial charge < -0.3 is 10.1 Å². The second-order valence-electron chi connectivity index (χ2n) is 5.09. The van der Waals surface area contributed by atoms with Gasteiger partial charge in [0.2, 0.25) is 0 Å². The van der Waals surface area contributed by atoms with E-state index in [1.165, 1.54) is 25.7 Å². The topological polar surface area (TPSA) is 21.3 Å². The normalized spacial score (nSPS) is 17.9. The number of halogens is 1. The van der Waals surface area contributed by atoms with Gasteiger partial charge >= 0.3 is 0 Å². The minimum Gasteiger partial charge on any atom is -0.492 e. The van der Waals surface area contributed by atoms with Crippen LogP contribution < -0.4 is 10.1 Å². The SMILES string of the molecule is C[C@@H](NCCOc1cccc(Br)c1)C1CCCC1. The molecule has 0 heterocycles. The van der Waals surface area contributed by atoms with E-state index in [4.69, 9.17) is 4.74 Å². The number of rotatable bonds is 6. The van der Waals surface area contributed by atoms with Gasteiger partial charge in [-0.25, -0.2) is 0 Å². The van der Waals surface area contributed by atoms with Crippen LogP contribution in [0.25, 0.3) is 0 Å². The summed E-state index contributed by atoms with van der Waals surface area (Å²) in [7, 11) is 0. The summed E-state index contributed by atoms with van der Waals surface area (Å²) in [5.41, 5.74) is 0. The Kier molecular flexibility index (Phi) is 5.51. The third-order valence-corrected chi connectivity index (χ3v) is 4.23. The van der Waals surface area contributed by atoms with Gasteiger partial charge in [-0.3, -0.25) is 0 Å². The largest absolute Gasteiger partial charge is 0.492 e. The number of hydrogen-bond acceptors (Lipinski definition) is 2. The third-order valence-electron chi connectivity index (χ3n) is 3.74. The predicted molar refractivity (Wildman–Crippen MR) is 79.1 cm³/mol. The Hall–Kier alpha value is -0.540. The van der Waals surface area contributed by atoms with Gasteiger partial charge in [-0.1, -0.05) is 34.8 Å².